The lowest BCUT2D eigenvalue weighted by atomic mass is 10.1. The largest absolute Gasteiger partial charge is 0.482 e. The lowest BCUT2D eigenvalue weighted by Gasteiger charge is -2.04. The van der Waals surface area contributed by atoms with E-state index in [0.717, 1.165) is 35.6 Å². The summed E-state index contributed by atoms with van der Waals surface area (Å²) in [5.74, 6) is 0. The van der Waals surface area contributed by atoms with Gasteiger partial charge in [0.05, 0.1) is 12.2 Å². The average Bonchev–Trinajstić information content (AvgIpc) is 2.79. The summed E-state index contributed by atoms with van der Waals surface area (Å²) in [5.41, 5.74) is 2.09. The number of rotatable bonds is 5. The van der Waals surface area contributed by atoms with Crippen molar-refractivity contribution in [2.24, 2.45) is 0 Å². The van der Waals surface area contributed by atoms with Crippen molar-refractivity contribution in [2.75, 3.05) is 6.61 Å². The Morgan fingerprint density at radius 2 is 2.12 bits per heavy atom. The van der Waals surface area contributed by atoms with E-state index < -0.39 is 0 Å². The van der Waals surface area contributed by atoms with E-state index in [-0.39, 0.29) is 0 Å². The lowest BCUT2D eigenvalue weighted by Crippen LogP contribution is -1.95. The molecule has 1 aromatic carbocycles. The summed E-state index contributed by atoms with van der Waals surface area (Å²) >= 11 is 1.37. The standard InChI is InChI=1S/C13H14NOS/c1-2-3-9-15-13-12(10-14-16-13)11-7-5-4-6-8-11/h4-8H,2-3,9H2,1H3. The Morgan fingerprint density at radius 1 is 1.31 bits per heavy atom. The molecule has 0 N–H and O–H groups in total. The third-order valence-corrected chi connectivity index (χ3v) is 2.95. The molecule has 16 heavy (non-hydrogen) atoms. The fourth-order valence-corrected chi connectivity index (χ4v) is 2.01. The maximum Gasteiger partial charge on any atom is 0.202 e. The van der Waals surface area contributed by atoms with Crippen LogP contribution >= 0.6 is 11.5 Å². The van der Waals surface area contributed by atoms with Gasteiger partial charge < -0.3 is 4.74 Å². The van der Waals surface area contributed by atoms with Crippen LogP contribution in [0, 0.1) is 6.20 Å². The molecular formula is C13H14NOS. The molecule has 0 aliphatic rings. The molecule has 0 amide bonds. The van der Waals surface area contributed by atoms with Crippen LogP contribution < -0.4 is 4.74 Å². The second-order valence-electron chi connectivity index (χ2n) is 3.52. The van der Waals surface area contributed by atoms with Gasteiger partial charge >= 0.3 is 0 Å². The molecule has 0 aliphatic heterocycles. The zero-order valence-corrected chi connectivity index (χ0v) is 10.1. The predicted octanol–water partition coefficient (Wildman–Crippen LogP) is 3.79. The summed E-state index contributed by atoms with van der Waals surface area (Å²) in [6.45, 7) is 2.91. The van der Waals surface area contributed by atoms with Crippen LogP contribution in [0.25, 0.3) is 11.1 Å². The number of hydrogen-bond donors (Lipinski definition) is 0. The van der Waals surface area contributed by atoms with Gasteiger partial charge in [-0.05, 0) is 12.0 Å². The van der Waals surface area contributed by atoms with Crippen molar-refractivity contribution in [1.29, 1.82) is 0 Å². The molecule has 0 saturated heterocycles. The number of benzene rings is 1. The van der Waals surface area contributed by atoms with Crippen LogP contribution in [0.1, 0.15) is 19.8 Å². The van der Waals surface area contributed by atoms with E-state index in [0.29, 0.717) is 0 Å². The molecule has 2 rings (SSSR count). The van der Waals surface area contributed by atoms with Gasteiger partial charge in [-0.2, -0.15) is 4.37 Å². The molecule has 0 atom stereocenters. The molecule has 2 nitrogen and oxygen atoms in total. The zero-order valence-electron chi connectivity index (χ0n) is 9.27. The highest BCUT2D eigenvalue weighted by Gasteiger charge is 2.09. The lowest BCUT2D eigenvalue weighted by molar-refractivity contribution is 0.319. The van der Waals surface area contributed by atoms with Gasteiger partial charge in [-0.3, -0.25) is 0 Å². The number of unbranched alkanes of at least 4 members (excludes halogenated alkanes) is 1. The fourth-order valence-electron chi connectivity index (χ4n) is 1.40. The van der Waals surface area contributed by atoms with Crippen LogP contribution in [-0.4, -0.2) is 11.0 Å². The Labute approximate surface area is 100 Å². The van der Waals surface area contributed by atoms with Crippen molar-refractivity contribution in [3.63, 3.8) is 0 Å². The Kier molecular flexibility index (Phi) is 3.94. The normalized spacial score (nSPS) is 10.3. The van der Waals surface area contributed by atoms with Crippen molar-refractivity contribution >= 4 is 11.5 Å². The third-order valence-electron chi connectivity index (χ3n) is 2.28. The Bertz CT molecular complexity index is 425. The minimum atomic E-state index is 0.756. The first-order valence-corrected chi connectivity index (χ1v) is 6.24. The van der Waals surface area contributed by atoms with Gasteiger partial charge in [0, 0.05) is 11.5 Å². The molecule has 1 aromatic heterocycles. The van der Waals surface area contributed by atoms with E-state index >= 15 is 0 Å². The van der Waals surface area contributed by atoms with Crippen molar-refractivity contribution in [3.8, 4) is 16.2 Å². The smallest absolute Gasteiger partial charge is 0.202 e. The molecule has 0 fully saturated rings. The molecule has 0 unspecified atom stereocenters. The quantitative estimate of drug-likeness (QED) is 0.732. The van der Waals surface area contributed by atoms with Gasteiger partial charge in [-0.15, -0.1) is 0 Å². The van der Waals surface area contributed by atoms with Crippen LogP contribution in [-0.2, 0) is 0 Å². The maximum absolute atomic E-state index is 5.70. The van der Waals surface area contributed by atoms with Gasteiger partial charge in [0.1, 0.15) is 6.20 Å². The number of aromatic nitrogens is 1. The highest BCUT2D eigenvalue weighted by atomic mass is 32.1. The van der Waals surface area contributed by atoms with Crippen LogP contribution in [0.15, 0.2) is 30.3 Å². The van der Waals surface area contributed by atoms with Crippen LogP contribution in [0.5, 0.6) is 5.06 Å². The van der Waals surface area contributed by atoms with E-state index in [4.69, 9.17) is 4.74 Å². The molecule has 0 aliphatic carbocycles. The van der Waals surface area contributed by atoms with E-state index in [2.05, 4.69) is 17.5 Å². The van der Waals surface area contributed by atoms with E-state index in [1.807, 2.05) is 30.3 Å². The SMILES string of the molecule is CCCCOc1sn[c]c1-c1ccccc1. The summed E-state index contributed by atoms with van der Waals surface area (Å²) in [4.78, 5) is 0. The summed E-state index contributed by atoms with van der Waals surface area (Å²) in [5, 5.41) is 0.875. The Balaban J connectivity index is 2.13. The van der Waals surface area contributed by atoms with Gasteiger partial charge in [0.15, 0.2) is 0 Å². The first kappa shape index (κ1) is 11.1. The first-order valence-electron chi connectivity index (χ1n) is 5.47. The third kappa shape index (κ3) is 2.61. The molecule has 0 saturated carbocycles. The average molecular weight is 232 g/mol. The summed E-state index contributed by atoms with van der Waals surface area (Å²) < 4.78 is 9.77. The molecule has 2 aromatic rings. The Hall–Kier alpha value is -1.35. The first-order chi connectivity index (χ1) is 7.92. The van der Waals surface area contributed by atoms with Crippen LogP contribution in [0.2, 0.25) is 0 Å². The van der Waals surface area contributed by atoms with Crippen molar-refractivity contribution in [1.82, 2.24) is 4.37 Å². The second kappa shape index (κ2) is 5.66. The number of nitrogens with zero attached hydrogens (tertiary/aromatic N) is 1. The molecular weight excluding hydrogens is 218 g/mol. The molecule has 1 heterocycles. The molecule has 1 radical (unpaired) electrons. The van der Waals surface area contributed by atoms with Crippen LogP contribution in [0.4, 0.5) is 0 Å². The van der Waals surface area contributed by atoms with Gasteiger partial charge in [0.25, 0.3) is 0 Å². The molecule has 83 valence electrons. The highest BCUT2D eigenvalue weighted by Crippen LogP contribution is 2.32. The van der Waals surface area contributed by atoms with Crippen molar-refractivity contribution in [2.45, 2.75) is 19.8 Å². The molecule has 3 heteroatoms. The molecule has 0 bridgehead atoms. The van der Waals surface area contributed by atoms with Crippen molar-refractivity contribution in [3.05, 3.63) is 36.5 Å². The summed E-state index contributed by atoms with van der Waals surface area (Å²) in [6.07, 6.45) is 5.21. The highest BCUT2D eigenvalue weighted by molar-refractivity contribution is 7.08. The minimum absolute atomic E-state index is 0.756. The minimum Gasteiger partial charge on any atom is -0.482 e. The summed E-state index contributed by atoms with van der Waals surface area (Å²) in [7, 11) is 0. The maximum atomic E-state index is 5.70. The second-order valence-corrected chi connectivity index (χ2v) is 4.26. The fraction of sp³-hybridized carbons (Fsp3) is 0.308. The van der Waals surface area contributed by atoms with E-state index in [1.54, 1.807) is 0 Å². The number of hydrogen-bond acceptors (Lipinski definition) is 3. The summed E-state index contributed by atoms with van der Waals surface area (Å²) in [6, 6.07) is 10.1. The van der Waals surface area contributed by atoms with Crippen molar-refractivity contribution < 1.29 is 4.74 Å². The van der Waals surface area contributed by atoms with Gasteiger partial charge in [-0.25, -0.2) is 0 Å². The monoisotopic (exact) mass is 232 g/mol. The predicted molar refractivity (Wildman–Crippen MR) is 66.8 cm³/mol. The van der Waals surface area contributed by atoms with Gasteiger partial charge in [0.2, 0.25) is 5.06 Å². The van der Waals surface area contributed by atoms with Crippen LogP contribution in [0.3, 0.4) is 0 Å². The van der Waals surface area contributed by atoms with Gasteiger partial charge in [-0.1, -0.05) is 43.7 Å². The molecule has 0 spiro atoms. The van der Waals surface area contributed by atoms with E-state index in [9.17, 15) is 0 Å². The Morgan fingerprint density at radius 3 is 2.88 bits per heavy atom. The zero-order chi connectivity index (χ0) is 11.2. The topological polar surface area (TPSA) is 22.1 Å². The number of ether oxygens (including phenoxy) is 1. The van der Waals surface area contributed by atoms with E-state index in [1.165, 1.54) is 11.5 Å².